The molecule has 0 aliphatic carbocycles. The fourth-order valence-corrected chi connectivity index (χ4v) is 1.54. The molecule has 5 nitrogen and oxygen atoms in total. The third-order valence-electron chi connectivity index (χ3n) is 2.34. The van der Waals surface area contributed by atoms with E-state index in [4.69, 9.17) is 15.3 Å². The van der Waals surface area contributed by atoms with Gasteiger partial charge < -0.3 is 15.3 Å². The van der Waals surface area contributed by atoms with Crippen molar-refractivity contribution in [2.24, 2.45) is 0 Å². The van der Waals surface area contributed by atoms with Crippen LogP contribution < -0.4 is 5.73 Å². The highest BCUT2D eigenvalue weighted by Crippen LogP contribution is 2.18. The highest BCUT2D eigenvalue weighted by molar-refractivity contribution is 5.76. The van der Waals surface area contributed by atoms with E-state index in [9.17, 15) is 0 Å². The van der Waals surface area contributed by atoms with Crippen LogP contribution in [0.25, 0.3) is 11.1 Å². The number of nitrogens with zero attached hydrogens (tertiary/aromatic N) is 2. The lowest BCUT2D eigenvalue weighted by Crippen LogP contribution is -2.21. The molecule has 1 aromatic heterocycles. The fraction of sp³-hybridized carbons (Fsp3) is 0.364. The second kappa shape index (κ2) is 4.51. The molecule has 86 valence electrons. The zero-order chi connectivity index (χ0) is 11.5. The standard InChI is InChI=1S/C11H15N3O2/c1-14(4-5-15)7-11-13-9-3-2-8(12)6-10(9)16-11/h2-3,6,15H,4-5,7,12H2,1H3. The predicted molar refractivity (Wildman–Crippen MR) is 61.8 cm³/mol. The number of likely N-dealkylation sites (N-methyl/N-ethyl adjacent to an activating group) is 1. The van der Waals surface area contributed by atoms with Crippen molar-refractivity contribution in [2.45, 2.75) is 6.54 Å². The van der Waals surface area contributed by atoms with Gasteiger partial charge in [0.2, 0.25) is 5.89 Å². The molecule has 0 atom stereocenters. The zero-order valence-corrected chi connectivity index (χ0v) is 9.18. The largest absolute Gasteiger partial charge is 0.439 e. The third kappa shape index (κ3) is 2.32. The lowest BCUT2D eigenvalue weighted by atomic mass is 10.3. The molecule has 2 rings (SSSR count). The van der Waals surface area contributed by atoms with Crippen molar-refractivity contribution in [1.82, 2.24) is 9.88 Å². The van der Waals surface area contributed by atoms with E-state index in [1.54, 1.807) is 12.1 Å². The van der Waals surface area contributed by atoms with Gasteiger partial charge in [-0.2, -0.15) is 0 Å². The molecule has 0 bridgehead atoms. The minimum Gasteiger partial charge on any atom is -0.439 e. The molecule has 16 heavy (non-hydrogen) atoms. The Morgan fingerprint density at radius 2 is 2.31 bits per heavy atom. The minimum atomic E-state index is 0.129. The zero-order valence-electron chi connectivity index (χ0n) is 9.18. The van der Waals surface area contributed by atoms with Gasteiger partial charge in [-0.3, -0.25) is 4.90 Å². The highest BCUT2D eigenvalue weighted by atomic mass is 16.3. The Bertz CT molecular complexity index is 481. The van der Waals surface area contributed by atoms with Gasteiger partial charge in [0.05, 0.1) is 13.2 Å². The molecule has 0 amide bonds. The van der Waals surface area contributed by atoms with E-state index in [-0.39, 0.29) is 6.61 Å². The maximum Gasteiger partial charge on any atom is 0.209 e. The summed E-state index contributed by atoms with van der Waals surface area (Å²) in [5, 5.41) is 8.78. The number of benzene rings is 1. The second-order valence-corrected chi connectivity index (χ2v) is 3.80. The average molecular weight is 221 g/mol. The first-order valence-electron chi connectivity index (χ1n) is 5.13. The Morgan fingerprint density at radius 3 is 3.06 bits per heavy atom. The van der Waals surface area contributed by atoms with Gasteiger partial charge in [0.1, 0.15) is 5.52 Å². The number of nitrogen functional groups attached to an aromatic ring is 1. The fourth-order valence-electron chi connectivity index (χ4n) is 1.54. The molecule has 1 heterocycles. The number of fused-ring (bicyclic) bond motifs is 1. The molecule has 0 radical (unpaired) electrons. The summed E-state index contributed by atoms with van der Waals surface area (Å²) in [5.74, 6) is 0.636. The number of aromatic nitrogens is 1. The predicted octanol–water partition coefficient (Wildman–Crippen LogP) is 0.834. The maximum atomic E-state index is 8.78. The van der Waals surface area contributed by atoms with Crippen LogP contribution in [-0.4, -0.2) is 35.2 Å². The molecular weight excluding hydrogens is 206 g/mol. The molecular formula is C11H15N3O2. The molecule has 1 aromatic carbocycles. The summed E-state index contributed by atoms with van der Waals surface area (Å²) < 4.78 is 5.55. The number of nitrogens with two attached hydrogens (primary N) is 1. The first kappa shape index (κ1) is 10.9. The number of anilines is 1. The molecule has 0 saturated carbocycles. The van der Waals surface area contributed by atoms with Gasteiger partial charge in [0.25, 0.3) is 0 Å². The van der Waals surface area contributed by atoms with Crippen molar-refractivity contribution in [3.63, 3.8) is 0 Å². The number of hydrogen-bond donors (Lipinski definition) is 2. The number of aliphatic hydroxyl groups is 1. The van der Waals surface area contributed by atoms with Crippen molar-refractivity contribution in [3.05, 3.63) is 24.1 Å². The van der Waals surface area contributed by atoms with Crippen molar-refractivity contribution >= 4 is 16.8 Å². The molecule has 0 spiro atoms. The van der Waals surface area contributed by atoms with Crippen molar-refractivity contribution in [1.29, 1.82) is 0 Å². The number of rotatable bonds is 4. The van der Waals surface area contributed by atoms with Gasteiger partial charge in [-0.1, -0.05) is 0 Å². The van der Waals surface area contributed by atoms with Gasteiger partial charge in [0.15, 0.2) is 5.58 Å². The molecule has 0 aliphatic rings. The van der Waals surface area contributed by atoms with Gasteiger partial charge in [0, 0.05) is 18.3 Å². The Labute approximate surface area is 93.5 Å². The van der Waals surface area contributed by atoms with E-state index in [1.165, 1.54) is 0 Å². The van der Waals surface area contributed by atoms with Crippen LogP contribution in [0.1, 0.15) is 5.89 Å². The third-order valence-corrected chi connectivity index (χ3v) is 2.34. The van der Waals surface area contributed by atoms with Crippen LogP contribution >= 0.6 is 0 Å². The summed E-state index contributed by atoms with van der Waals surface area (Å²) in [7, 11) is 1.90. The van der Waals surface area contributed by atoms with E-state index >= 15 is 0 Å². The summed E-state index contributed by atoms with van der Waals surface area (Å²) in [4.78, 5) is 6.27. The molecule has 2 aromatic rings. The Hall–Kier alpha value is -1.59. The van der Waals surface area contributed by atoms with Gasteiger partial charge in [-0.25, -0.2) is 4.98 Å². The molecule has 0 unspecified atom stereocenters. The Balaban J connectivity index is 2.19. The van der Waals surface area contributed by atoms with Crippen molar-refractivity contribution in [2.75, 3.05) is 25.9 Å². The first-order chi connectivity index (χ1) is 7.69. The van der Waals surface area contributed by atoms with Crippen LogP contribution in [0.2, 0.25) is 0 Å². The van der Waals surface area contributed by atoms with E-state index in [2.05, 4.69) is 4.98 Å². The Morgan fingerprint density at radius 1 is 1.50 bits per heavy atom. The summed E-state index contributed by atoms with van der Waals surface area (Å²) in [6.45, 7) is 1.31. The molecule has 0 saturated heterocycles. The highest BCUT2D eigenvalue weighted by Gasteiger charge is 2.08. The van der Waals surface area contributed by atoms with E-state index in [1.807, 2.05) is 18.0 Å². The van der Waals surface area contributed by atoms with Gasteiger partial charge >= 0.3 is 0 Å². The molecule has 0 fully saturated rings. The first-order valence-corrected chi connectivity index (χ1v) is 5.13. The van der Waals surface area contributed by atoms with Crippen LogP contribution in [0, 0.1) is 0 Å². The van der Waals surface area contributed by atoms with Crippen LogP contribution in [0.4, 0.5) is 5.69 Å². The summed E-state index contributed by atoms with van der Waals surface area (Å²) in [6.07, 6.45) is 0. The minimum absolute atomic E-state index is 0.129. The van der Waals surface area contributed by atoms with Crippen LogP contribution in [-0.2, 0) is 6.54 Å². The number of oxazole rings is 1. The lowest BCUT2D eigenvalue weighted by molar-refractivity contribution is 0.207. The van der Waals surface area contributed by atoms with Crippen LogP contribution in [0.5, 0.6) is 0 Å². The van der Waals surface area contributed by atoms with Crippen LogP contribution in [0.3, 0.4) is 0 Å². The van der Waals surface area contributed by atoms with Crippen molar-refractivity contribution in [3.8, 4) is 0 Å². The molecule has 5 heteroatoms. The second-order valence-electron chi connectivity index (χ2n) is 3.80. The lowest BCUT2D eigenvalue weighted by Gasteiger charge is -2.11. The quantitative estimate of drug-likeness (QED) is 0.748. The summed E-state index contributed by atoms with van der Waals surface area (Å²) >= 11 is 0. The topological polar surface area (TPSA) is 75.5 Å². The van der Waals surface area contributed by atoms with E-state index < -0.39 is 0 Å². The molecule has 0 aliphatic heterocycles. The van der Waals surface area contributed by atoms with Gasteiger partial charge in [-0.05, 0) is 19.2 Å². The van der Waals surface area contributed by atoms with E-state index in [0.29, 0.717) is 30.3 Å². The smallest absolute Gasteiger partial charge is 0.209 e. The summed E-state index contributed by atoms with van der Waals surface area (Å²) in [6, 6.07) is 5.40. The average Bonchev–Trinajstić information content (AvgIpc) is 2.59. The normalized spacial score (nSPS) is 11.4. The maximum absolute atomic E-state index is 8.78. The van der Waals surface area contributed by atoms with Gasteiger partial charge in [-0.15, -0.1) is 0 Å². The van der Waals surface area contributed by atoms with Crippen LogP contribution in [0.15, 0.2) is 22.6 Å². The van der Waals surface area contributed by atoms with Crippen molar-refractivity contribution < 1.29 is 9.52 Å². The summed E-state index contributed by atoms with van der Waals surface area (Å²) in [5.41, 5.74) is 7.82. The monoisotopic (exact) mass is 221 g/mol. The molecule has 3 N–H and O–H groups in total. The SMILES string of the molecule is CN(CCO)Cc1nc2ccc(N)cc2o1. The number of aliphatic hydroxyl groups excluding tert-OH is 1. The van der Waals surface area contributed by atoms with E-state index in [0.717, 1.165) is 5.52 Å². The Kier molecular flexibility index (Phi) is 3.07. The number of hydrogen-bond acceptors (Lipinski definition) is 5.